The molecule has 10 heteroatoms. The van der Waals surface area contributed by atoms with Gasteiger partial charge in [0.15, 0.2) is 5.82 Å². The van der Waals surface area contributed by atoms with Crippen LogP contribution >= 0.6 is 11.6 Å². The number of rotatable bonds is 8. The Bertz CT molecular complexity index is 1260. The van der Waals surface area contributed by atoms with Crippen LogP contribution in [-0.2, 0) is 16.1 Å². The van der Waals surface area contributed by atoms with Gasteiger partial charge in [0.05, 0.1) is 23.7 Å². The number of anilines is 2. The molecule has 0 aliphatic heterocycles. The monoisotopic (exact) mass is 493 g/mol. The van der Waals surface area contributed by atoms with Crippen molar-refractivity contribution in [3.05, 3.63) is 82.9 Å². The van der Waals surface area contributed by atoms with E-state index in [9.17, 15) is 19.2 Å². The number of amides is 3. The molecule has 0 radical (unpaired) electrons. The Morgan fingerprint density at radius 1 is 0.971 bits per heavy atom. The third kappa shape index (κ3) is 6.70. The quantitative estimate of drug-likeness (QED) is 0.379. The predicted molar refractivity (Wildman–Crippen MR) is 132 cm³/mol. The number of ketones is 1. The molecule has 3 amide bonds. The number of benzene rings is 2. The average molecular weight is 494 g/mol. The van der Waals surface area contributed by atoms with Crippen LogP contribution < -0.4 is 10.2 Å². The van der Waals surface area contributed by atoms with Crippen LogP contribution in [0.2, 0.25) is 5.02 Å². The lowest BCUT2D eigenvalue weighted by molar-refractivity contribution is -0.118. The van der Waals surface area contributed by atoms with Gasteiger partial charge in [-0.15, -0.1) is 0 Å². The minimum atomic E-state index is -0.531. The second-order valence-electron chi connectivity index (χ2n) is 7.90. The van der Waals surface area contributed by atoms with Crippen LogP contribution in [0.15, 0.2) is 60.9 Å². The highest BCUT2D eigenvalue weighted by Gasteiger charge is 2.23. The van der Waals surface area contributed by atoms with Gasteiger partial charge in [0.25, 0.3) is 5.91 Å². The van der Waals surface area contributed by atoms with Crippen molar-refractivity contribution in [1.82, 2.24) is 14.9 Å². The van der Waals surface area contributed by atoms with Gasteiger partial charge in [-0.3, -0.25) is 19.2 Å². The number of nitrogens with zero attached hydrogens (tertiary/aromatic N) is 4. The highest BCUT2D eigenvalue weighted by molar-refractivity contribution is 6.33. The summed E-state index contributed by atoms with van der Waals surface area (Å²) in [6, 6.07) is 13.1. The van der Waals surface area contributed by atoms with Gasteiger partial charge in [0.2, 0.25) is 17.6 Å². The van der Waals surface area contributed by atoms with E-state index >= 15 is 0 Å². The van der Waals surface area contributed by atoms with E-state index in [-0.39, 0.29) is 24.2 Å². The second-order valence-corrected chi connectivity index (χ2v) is 8.30. The van der Waals surface area contributed by atoms with Crippen molar-refractivity contribution in [1.29, 1.82) is 0 Å². The van der Waals surface area contributed by atoms with Gasteiger partial charge in [-0.25, -0.2) is 9.97 Å². The van der Waals surface area contributed by atoms with Crippen LogP contribution in [-0.4, -0.2) is 52.5 Å². The van der Waals surface area contributed by atoms with E-state index in [0.717, 1.165) is 0 Å². The first-order valence-corrected chi connectivity index (χ1v) is 11.0. The fourth-order valence-corrected chi connectivity index (χ4v) is 3.45. The predicted octanol–water partition coefficient (Wildman–Crippen LogP) is 3.60. The van der Waals surface area contributed by atoms with Crippen molar-refractivity contribution in [2.24, 2.45) is 0 Å². The SMILES string of the molecule is CC(=O)Nc1cc(CN(C(=O)CC(=O)c2ncccn2)c2cccc(C(=O)N(C)C)c2)ccc1Cl. The minimum absolute atomic E-state index is 0.0585. The van der Waals surface area contributed by atoms with Crippen LogP contribution in [0.3, 0.4) is 0 Å². The Kier molecular flexibility index (Phi) is 8.27. The molecule has 1 heterocycles. The van der Waals surface area contributed by atoms with E-state index in [1.54, 1.807) is 62.6 Å². The third-order valence-corrected chi connectivity index (χ3v) is 5.25. The zero-order valence-electron chi connectivity index (χ0n) is 19.5. The maximum atomic E-state index is 13.3. The third-order valence-electron chi connectivity index (χ3n) is 4.92. The molecule has 1 aromatic heterocycles. The first kappa shape index (κ1) is 25.5. The Balaban J connectivity index is 1.97. The normalized spacial score (nSPS) is 10.4. The molecule has 0 saturated heterocycles. The molecule has 3 rings (SSSR count). The average Bonchev–Trinajstić information content (AvgIpc) is 2.84. The Morgan fingerprint density at radius 3 is 2.34 bits per heavy atom. The number of hydrogen-bond donors (Lipinski definition) is 1. The van der Waals surface area contributed by atoms with Crippen molar-refractivity contribution in [3.8, 4) is 0 Å². The highest BCUT2D eigenvalue weighted by Crippen LogP contribution is 2.26. The molecule has 0 aliphatic carbocycles. The molecule has 0 fully saturated rings. The Labute approximate surface area is 207 Å². The van der Waals surface area contributed by atoms with Crippen LogP contribution in [0.25, 0.3) is 0 Å². The van der Waals surface area contributed by atoms with Gasteiger partial charge >= 0.3 is 0 Å². The highest BCUT2D eigenvalue weighted by atomic mass is 35.5. The molecule has 0 saturated carbocycles. The minimum Gasteiger partial charge on any atom is -0.345 e. The number of Topliss-reactive ketones (excluding diaryl/α,β-unsaturated/α-hetero) is 1. The zero-order chi connectivity index (χ0) is 25.5. The molecule has 0 atom stereocenters. The topological polar surface area (TPSA) is 113 Å². The summed E-state index contributed by atoms with van der Waals surface area (Å²) in [5, 5.41) is 3.00. The van der Waals surface area contributed by atoms with Crippen LogP contribution in [0.5, 0.6) is 0 Å². The lowest BCUT2D eigenvalue weighted by Crippen LogP contribution is -2.32. The maximum absolute atomic E-state index is 13.3. The summed E-state index contributed by atoms with van der Waals surface area (Å²) < 4.78 is 0. The molecule has 0 bridgehead atoms. The van der Waals surface area contributed by atoms with E-state index in [4.69, 9.17) is 11.6 Å². The van der Waals surface area contributed by atoms with E-state index in [1.807, 2.05) is 0 Å². The molecule has 35 heavy (non-hydrogen) atoms. The number of hydrogen-bond acceptors (Lipinski definition) is 6. The molecule has 2 aromatic carbocycles. The van der Waals surface area contributed by atoms with Crippen LogP contribution in [0.1, 0.15) is 39.9 Å². The van der Waals surface area contributed by atoms with E-state index in [2.05, 4.69) is 15.3 Å². The summed E-state index contributed by atoms with van der Waals surface area (Å²) >= 11 is 6.18. The van der Waals surface area contributed by atoms with Gasteiger partial charge in [-0.05, 0) is 42.0 Å². The van der Waals surface area contributed by atoms with E-state index in [1.165, 1.54) is 29.1 Å². The van der Waals surface area contributed by atoms with Crippen LogP contribution in [0, 0.1) is 0 Å². The second kappa shape index (κ2) is 11.3. The first-order valence-electron chi connectivity index (χ1n) is 10.6. The Morgan fingerprint density at radius 2 is 1.69 bits per heavy atom. The Hall–Kier alpha value is -4.11. The van der Waals surface area contributed by atoms with E-state index < -0.39 is 18.1 Å². The van der Waals surface area contributed by atoms with Crippen molar-refractivity contribution in [2.75, 3.05) is 24.3 Å². The molecule has 0 aliphatic rings. The van der Waals surface area contributed by atoms with Crippen molar-refractivity contribution in [3.63, 3.8) is 0 Å². The van der Waals surface area contributed by atoms with Crippen molar-refractivity contribution >= 4 is 46.5 Å². The maximum Gasteiger partial charge on any atom is 0.253 e. The molecule has 9 nitrogen and oxygen atoms in total. The smallest absolute Gasteiger partial charge is 0.253 e. The molecule has 0 spiro atoms. The molecular weight excluding hydrogens is 470 g/mol. The van der Waals surface area contributed by atoms with Gasteiger partial charge in [0, 0.05) is 44.7 Å². The number of carbonyl (C=O) groups is 4. The fourth-order valence-electron chi connectivity index (χ4n) is 3.28. The summed E-state index contributed by atoms with van der Waals surface area (Å²) in [6.45, 7) is 1.43. The molecular formula is C25H24ClN5O4. The number of nitrogens with one attached hydrogen (secondary N) is 1. The summed E-state index contributed by atoms with van der Waals surface area (Å²) in [5.74, 6) is -1.62. The summed E-state index contributed by atoms with van der Waals surface area (Å²) in [5.41, 5.74) is 1.87. The molecule has 180 valence electrons. The molecule has 0 unspecified atom stereocenters. The lowest BCUT2D eigenvalue weighted by Gasteiger charge is -2.24. The summed E-state index contributed by atoms with van der Waals surface area (Å²) in [4.78, 5) is 60.6. The van der Waals surface area contributed by atoms with Gasteiger partial charge < -0.3 is 15.1 Å². The largest absolute Gasteiger partial charge is 0.345 e. The molecule has 1 N–H and O–H groups in total. The van der Waals surface area contributed by atoms with Gasteiger partial charge in [-0.2, -0.15) is 0 Å². The van der Waals surface area contributed by atoms with Crippen molar-refractivity contribution in [2.45, 2.75) is 19.9 Å². The first-order chi connectivity index (χ1) is 16.7. The molecule has 3 aromatic rings. The lowest BCUT2D eigenvalue weighted by atomic mass is 10.1. The van der Waals surface area contributed by atoms with Gasteiger partial charge in [0.1, 0.15) is 0 Å². The van der Waals surface area contributed by atoms with Crippen molar-refractivity contribution < 1.29 is 19.2 Å². The number of halogens is 1. The number of carbonyl (C=O) groups excluding carboxylic acids is 4. The van der Waals surface area contributed by atoms with Crippen LogP contribution in [0.4, 0.5) is 11.4 Å². The fraction of sp³-hybridized carbons (Fsp3) is 0.200. The number of aromatic nitrogens is 2. The summed E-state index contributed by atoms with van der Waals surface area (Å²) in [6.07, 6.45) is 2.38. The zero-order valence-corrected chi connectivity index (χ0v) is 20.2. The standard InChI is InChI=1S/C25H24ClN5O4/c1-16(32)29-21-12-17(8-9-20(21)26)15-31(19-7-4-6-18(13-19)25(35)30(2)3)23(34)14-22(33)24-27-10-5-11-28-24/h4-13H,14-15H2,1-3H3,(H,29,32). The van der Waals surface area contributed by atoms with Gasteiger partial charge in [-0.1, -0.05) is 23.7 Å². The summed E-state index contributed by atoms with van der Waals surface area (Å²) in [7, 11) is 3.27. The van der Waals surface area contributed by atoms with E-state index in [0.29, 0.717) is 27.5 Å².